The van der Waals surface area contributed by atoms with E-state index in [0.29, 0.717) is 11.1 Å². The molecule has 2 heterocycles. The highest BCUT2D eigenvalue weighted by molar-refractivity contribution is 7.88. The lowest BCUT2D eigenvalue weighted by atomic mass is 9.85. The van der Waals surface area contributed by atoms with Crippen molar-refractivity contribution in [2.45, 2.75) is 12.5 Å². The summed E-state index contributed by atoms with van der Waals surface area (Å²) in [5, 5.41) is 0.215. The van der Waals surface area contributed by atoms with Crippen LogP contribution in [0.5, 0.6) is 0 Å². The summed E-state index contributed by atoms with van der Waals surface area (Å²) in [4.78, 5) is 3.96. The maximum Gasteiger partial charge on any atom is 0.321 e. The summed E-state index contributed by atoms with van der Waals surface area (Å²) in [6, 6.07) is 7.17. The van der Waals surface area contributed by atoms with Gasteiger partial charge in [-0.3, -0.25) is 0 Å². The Morgan fingerprint density at radius 1 is 1.22 bits per heavy atom. The molecule has 23 heavy (non-hydrogen) atoms. The fraction of sp³-hybridized carbons (Fsp3) is 0.143. The second kappa shape index (κ2) is 5.52. The molecule has 0 bridgehead atoms. The van der Waals surface area contributed by atoms with Crippen molar-refractivity contribution in [3.63, 3.8) is 0 Å². The van der Waals surface area contributed by atoms with Crippen molar-refractivity contribution in [3.8, 4) is 0 Å². The van der Waals surface area contributed by atoms with E-state index < -0.39 is 21.6 Å². The third-order valence-corrected chi connectivity index (χ3v) is 5.14. The molecule has 9 heteroatoms. The summed E-state index contributed by atoms with van der Waals surface area (Å²) in [5.41, 5.74) is -0.219. The first-order valence-electron chi connectivity index (χ1n) is 6.43. The van der Waals surface area contributed by atoms with Crippen molar-refractivity contribution < 1.29 is 12.8 Å². The maximum absolute atomic E-state index is 13.7. The predicted molar refractivity (Wildman–Crippen MR) is 86.6 cm³/mol. The van der Waals surface area contributed by atoms with Gasteiger partial charge in [-0.25, -0.2) is 9.37 Å². The molecule has 0 radical (unpaired) electrons. The Labute approximate surface area is 142 Å². The van der Waals surface area contributed by atoms with Crippen LogP contribution in [-0.2, 0) is 15.7 Å². The summed E-state index contributed by atoms with van der Waals surface area (Å²) >= 11 is 11.4. The van der Waals surface area contributed by atoms with Crippen LogP contribution in [0.25, 0.3) is 0 Å². The summed E-state index contributed by atoms with van der Waals surface area (Å²) < 4.78 is 43.8. The van der Waals surface area contributed by atoms with Gasteiger partial charge in [0.25, 0.3) is 0 Å². The molecule has 1 N–H and O–H groups in total. The Balaban J connectivity index is 2.18. The summed E-state index contributed by atoms with van der Waals surface area (Å²) in [7, 11) is -3.91. The highest BCUT2D eigenvalue weighted by Gasteiger charge is 2.44. The summed E-state index contributed by atoms with van der Waals surface area (Å²) in [5.74, 6) is -0.659. The maximum atomic E-state index is 13.7. The highest BCUT2D eigenvalue weighted by atomic mass is 35.5. The fourth-order valence-electron chi connectivity index (χ4n) is 2.39. The van der Waals surface area contributed by atoms with Gasteiger partial charge in [-0.1, -0.05) is 35.3 Å². The number of pyridine rings is 1. The Kier molecular flexibility index (Phi) is 3.92. The van der Waals surface area contributed by atoms with Crippen LogP contribution >= 0.6 is 23.2 Å². The lowest BCUT2D eigenvalue weighted by Crippen LogP contribution is -2.43. The van der Waals surface area contributed by atoms with Gasteiger partial charge in [-0.2, -0.15) is 17.5 Å². The number of aromatic nitrogens is 1. The van der Waals surface area contributed by atoms with Crippen LogP contribution in [0, 0.1) is 5.82 Å². The van der Waals surface area contributed by atoms with E-state index in [4.69, 9.17) is 23.2 Å². The van der Waals surface area contributed by atoms with E-state index in [1.165, 1.54) is 24.4 Å². The van der Waals surface area contributed by atoms with Gasteiger partial charge < -0.3 is 0 Å². The van der Waals surface area contributed by atoms with Crippen LogP contribution in [0.1, 0.15) is 18.1 Å². The Morgan fingerprint density at radius 2 is 1.96 bits per heavy atom. The molecule has 1 aliphatic rings. The molecule has 1 aliphatic heterocycles. The van der Waals surface area contributed by atoms with Crippen molar-refractivity contribution in [3.05, 3.63) is 63.6 Å². The zero-order valence-corrected chi connectivity index (χ0v) is 14.0. The molecule has 5 nitrogen and oxygen atoms in total. The normalized spacial score (nSPS) is 22.9. The summed E-state index contributed by atoms with van der Waals surface area (Å²) in [6.45, 7) is 1.62. The minimum absolute atomic E-state index is 0.0574. The van der Waals surface area contributed by atoms with Gasteiger partial charge in [-0.05, 0) is 30.7 Å². The van der Waals surface area contributed by atoms with E-state index in [2.05, 4.69) is 14.1 Å². The van der Waals surface area contributed by atoms with Crippen molar-refractivity contribution >= 4 is 39.1 Å². The van der Waals surface area contributed by atoms with E-state index in [9.17, 15) is 12.8 Å². The highest BCUT2D eigenvalue weighted by Crippen LogP contribution is 2.33. The zero-order chi connectivity index (χ0) is 16.8. The Morgan fingerprint density at radius 3 is 2.57 bits per heavy atom. The largest absolute Gasteiger partial charge is 0.321 e. The molecule has 1 atom stereocenters. The van der Waals surface area contributed by atoms with E-state index in [-0.39, 0.29) is 15.9 Å². The van der Waals surface area contributed by atoms with Crippen LogP contribution in [0.3, 0.4) is 0 Å². The smallest absolute Gasteiger partial charge is 0.244 e. The number of hydrogen-bond acceptors (Lipinski definition) is 3. The second-order valence-corrected chi connectivity index (χ2v) is 7.27. The van der Waals surface area contributed by atoms with E-state index >= 15 is 0 Å². The van der Waals surface area contributed by atoms with Gasteiger partial charge >= 0.3 is 10.2 Å². The SMILES string of the molecule is CC1(c2ccc(Cl)nc2)NS(=O)(=O)N=C1c1ccc(Cl)c(F)c1. The number of nitrogens with zero attached hydrogens (tertiary/aromatic N) is 2. The molecule has 1 unspecified atom stereocenters. The van der Waals surface area contributed by atoms with Crippen molar-refractivity contribution in [1.82, 2.24) is 9.71 Å². The van der Waals surface area contributed by atoms with E-state index in [1.807, 2.05) is 0 Å². The molecule has 0 spiro atoms. The molecule has 2 aromatic rings. The number of benzene rings is 1. The number of rotatable bonds is 2. The number of halogens is 3. The van der Waals surface area contributed by atoms with Gasteiger partial charge in [0.1, 0.15) is 16.5 Å². The zero-order valence-electron chi connectivity index (χ0n) is 11.7. The molecule has 120 valence electrons. The molecule has 0 saturated heterocycles. The fourth-order valence-corrected chi connectivity index (χ4v) is 3.93. The topological polar surface area (TPSA) is 71.4 Å². The third-order valence-electron chi connectivity index (χ3n) is 3.52. The van der Waals surface area contributed by atoms with Crippen LogP contribution < -0.4 is 4.72 Å². The molecular formula is C14H10Cl2FN3O2S. The van der Waals surface area contributed by atoms with E-state index in [1.54, 1.807) is 13.0 Å². The lowest BCUT2D eigenvalue weighted by molar-refractivity contribution is 0.552. The Bertz CT molecular complexity index is 916. The van der Waals surface area contributed by atoms with Crippen LogP contribution in [-0.4, -0.2) is 19.1 Å². The molecule has 1 aromatic heterocycles. The minimum atomic E-state index is -3.91. The van der Waals surface area contributed by atoms with Crippen LogP contribution in [0.4, 0.5) is 4.39 Å². The van der Waals surface area contributed by atoms with Crippen LogP contribution in [0.2, 0.25) is 10.2 Å². The minimum Gasteiger partial charge on any atom is -0.244 e. The van der Waals surface area contributed by atoms with Crippen LogP contribution in [0.15, 0.2) is 40.9 Å². The molecule has 0 saturated carbocycles. The monoisotopic (exact) mass is 373 g/mol. The quantitative estimate of drug-likeness (QED) is 0.822. The molecule has 0 aliphatic carbocycles. The third kappa shape index (κ3) is 2.97. The van der Waals surface area contributed by atoms with Gasteiger partial charge in [0.2, 0.25) is 0 Å². The van der Waals surface area contributed by atoms with Gasteiger partial charge in [0.05, 0.1) is 10.7 Å². The van der Waals surface area contributed by atoms with Crippen molar-refractivity contribution in [1.29, 1.82) is 0 Å². The average molecular weight is 374 g/mol. The lowest BCUT2D eigenvalue weighted by Gasteiger charge is -2.25. The predicted octanol–water partition coefficient (Wildman–Crippen LogP) is 3.08. The van der Waals surface area contributed by atoms with Crippen molar-refractivity contribution in [2.24, 2.45) is 4.40 Å². The number of nitrogens with one attached hydrogen (secondary N) is 1. The molecule has 3 rings (SSSR count). The molecule has 0 fully saturated rings. The first kappa shape index (κ1) is 16.3. The first-order valence-corrected chi connectivity index (χ1v) is 8.63. The number of hydrogen-bond donors (Lipinski definition) is 1. The van der Waals surface area contributed by atoms with Gasteiger partial charge in [-0.15, -0.1) is 0 Å². The average Bonchev–Trinajstić information content (AvgIpc) is 2.73. The molecule has 0 amide bonds. The summed E-state index contributed by atoms with van der Waals surface area (Å²) in [6.07, 6.45) is 1.44. The van der Waals surface area contributed by atoms with Crippen molar-refractivity contribution in [2.75, 3.05) is 0 Å². The first-order chi connectivity index (χ1) is 10.7. The molecule has 1 aromatic carbocycles. The second-order valence-electron chi connectivity index (χ2n) is 5.14. The van der Waals surface area contributed by atoms with Gasteiger partial charge in [0, 0.05) is 11.8 Å². The van der Waals surface area contributed by atoms with E-state index in [0.717, 1.165) is 6.07 Å². The Hall–Kier alpha value is -1.54. The molecular weight excluding hydrogens is 364 g/mol. The standard InChI is InChI=1S/C14H10Cl2FN3O2S/c1-14(9-3-5-12(16)18-7-9)13(19-23(21,22)20-14)8-2-4-10(15)11(17)6-8/h2-7,20H,1H3. The van der Waals surface area contributed by atoms with Gasteiger partial charge in [0.15, 0.2) is 0 Å².